The molecule has 0 N–H and O–H groups in total. The number of aromatic nitrogens is 3. The van der Waals surface area contributed by atoms with Gasteiger partial charge in [0.1, 0.15) is 0 Å². The third kappa shape index (κ3) is 14.1. The molecule has 0 bridgehead atoms. The molecule has 2 aliphatic carbocycles. The van der Waals surface area contributed by atoms with E-state index in [9.17, 15) is 0 Å². The summed E-state index contributed by atoms with van der Waals surface area (Å²) in [6, 6.07) is 0.112. The van der Waals surface area contributed by atoms with Crippen LogP contribution in [-0.4, -0.2) is 26.4 Å². The molecule has 0 atom stereocenters. The Kier molecular flexibility index (Phi) is 15.6. The van der Waals surface area contributed by atoms with Crippen LogP contribution in [-0.2, 0) is 0 Å². The van der Waals surface area contributed by atoms with Crippen LogP contribution < -0.4 is 9.68 Å². The first kappa shape index (κ1) is 29.8. The highest BCUT2D eigenvalue weighted by Gasteiger charge is 2.11. The van der Waals surface area contributed by atoms with Gasteiger partial charge in [0.25, 0.3) is 0 Å². The maximum absolute atomic E-state index is 6.15. The zero-order valence-corrected chi connectivity index (χ0v) is 23.7. The summed E-state index contributed by atoms with van der Waals surface area (Å²) in [4.78, 5) is 23.7. The van der Waals surface area contributed by atoms with E-state index in [1.165, 1.54) is 103 Å². The first-order valence-corrected chi connectivity index (χ1v) is 15.5. The van der Waals surface area contributed by atoms with Crippen LogP contribution in [0.3, 0.4) is 0 Å². The molecule has 0 aliphatic heterocycles. The second-order valence-corrected chi connectivity index (χ2v) is 11.1. The van der Waals surface area contributed by atoms with Crippen LogP contribution in [0.4, 0.5) is 0 Å². The van der Waals surface area contributed by atoms with Crippen molar-refractivity contribution >= 4 is 23.0 Å². The van der Waals surface area contributed by atoms with Crippen molar-refractivity contribution in [1.29, 1.82) is 0 Å². The predicted molar refractivity (Wildman–Crippen MR) is 152 cm³/mol. The van der Waals surface area contributed by atoms with Crippen molar-refractivity contribution in [3.05, 3.63) is 5.28 Å². The van der Waals surface area contributed by atoms with E-state index in [4.69, 9.17) is 21.3 Å². The number of halogens is 1. The van der Waals surface area contributed by atoms with Gasteiger partial charge in [0.05, 0.1) is 11.4 Å². The summed E-state index contributed by atoms with van der Waals surface area (Å²) in [5.74, 6) is 0. The zero-order chi connectivity index (χ0) is 25.8. The Morgan fingerprint density at radius 1 is 0.405 bits per heavy atom. The largest absolute Gasteiger partial charge is 0.353 e. The minimum atomic E-state index is 0.0188. The Morgan fingerprint density at radius 3 is 0.973 bits per heavy atom. The van der Waals surface area contributed by atoms with Crippen molar-refractivity contribution < 1.29 is 9.68 Å². The molecule has 1 heterocycles. The van der Waals surface area contributed by atoms with Crippen molar-refractivity contribution in [2.45, 2.75) is 154 Å². The molecule has 0 amide bonds. The van der Waals surface area contributed by atoms with E-state index in [2.05, 4.69) is 25.3 Å². The van der Waals surface area contributed by atoms with Crippen molar-refractivity contribution in [3.8, 4) is 12.0 Å². The molecule has 0 saturated heterocycles. The highest BCUT2D eigenvalue weighted by atomic mass is 35.5. The van der Waals surface area contributed by atoms with E-state index in [-0.39, 0.29) is 17.3 Å². The molecule has 0 aromatic carbocycles. The fraction of sp³-hybridized carbons (Fsp3) is 0.828. The molecule has 2 aliphatic rings. The molecular weight excluding hydrogens is 486 g/mol. The highest BCUT2D eigenvalue weighted by molar-refractivity contribution is 6.28. The first-order valence-electron chi connectivity index (χ1n) is 15.2. The van der Waals surface area contributed by atoms with Crippen molar-refractivity contribution in [2.75, 3.05) is 0 Å². The molecule has 8 heteroatoms. The molecule has 0 radical (unpaired) electrons. The molecule has 7 nitrogen and oxygen atoms in total. The monoisotopic (exact) mass is 533 g/mol. The normalized spacial score (nSPS) is 20.6. The molecule has 3 rings (SSSR count). The van der Waals surface area contributed by atoms with E-state index in [0.717, 1.165) is 62.8 Å². The lowest BCUT2D eigenvalue weighted by Crippen LogP contribution is -2.06. The van der Waals surface area contributed by atoms with Gasteiger partial charge in [-0.1, -0.05) is 113 Å². The van der Waals surface area contributed by atoms with Crippen LogP contribution in [0.25, 0.3) is 0 Å². The Bertz CT molecular complexity index is 723. The van der Waals surface area contributed by atoms with Crippen LogP contribution in [0.1, 0.15) is 154 Å². The molecule has 0 unspecified atom stereocenters. The SMILES string of the molecule is Clc1nc(ON=C2CCCCCCCCCCCC2)nc(ON=C2CCCCCCCCCCCC2)n1. The summed E-state index contributed by atoms with van der Waals surface area (Å²) in [5, 5.41) is 8.85. The lowest BCUT2D eigenvalue weighted by Gasteiger charge is -2.07. The van der Waals surface area contributed by atoms with Crippen LogP contribution in [0.15, 0.2) is 10.3 Å². The van der Waals surface area contributed by atoms with E-state index in [0.29, 0.717) is 0 Å². The molecule has 2 saturated carbocycles. The average molecular weight is 534 g/mol. The summed E-state index contributed by atoms with van der Waals surface area (Å²) in [5.41, 5.74) is 2.14. The molecule has 1 aromatic rings. The van der Waals surface area contributed by atoms with Gasteiger partial charge in [-0.15, -0.1) is 4.98 Å². The average Bonchev–Trinajstić information content (AvgIpc) is 2.94. The Balaban J connectivity index is 1.57. The van der Waals surface area contributed by atoms with E-state index >= 15 is 0 Å². The number of nitrogens with zero attached hydrogens (tertiary/aromatic N) is 5. The van der Waals surface area contributed by atoms with Crippen LogP contribution >= 0.6 is 11.6 Å². The van der Waals surface area contributed by atoms with Gasteiger partial charge in [-0.3, -0.25) is 0 Å². The number of oxime groups is 2. The second kappa shape index (κ2) is 19.3. The van der Waals surface area contributed by atoms with Gasteiger partial charge in [0.2, 0.25) is 5.28 Å². The van der Waals surface area contributed by atoms with Crippen LogP contribution in [0, 0.1) is 0 Å². The summed E-state index contributed by atoms with van der Waals surface area (Å²) in [7, 11) is 0. The Hall–Kier alpha value is -1.76. The van der Waals surface area contributed by atoms with Crippen LogP contribution in [0.2, 0.25) is 5.28 Å². The van der Waals surface area contributed by atoms with Crippen molar-refractivity contribution in [3.63, 3.8) is 0 Å². The maximum atomic E-state index is 6.15. The third-order valence-corrected chi connectivity index (χ3v) is 7.61. The Labute approximate surface area is 229 Å². The fourth-order valence-corrected chi connectivity index (χ4v) is 5.33. The maximum Gasteiger partial charge on any atom is 0.353 e. The van der Waals surface area contributed by atoms with Crippen molar-refractivity contribution in [2.24, 2.45) is 10.3 Å². The standard InChI is InChI=1S/C29H48ClN5O2/c30-27-31-28(36-34-25-21-17-13-9-5-1-2-6-10-14-18-22-25)33-29(32-27)37-35-26-23-19-15-11-7-3-4-8-12-16-20-24-26/h1-24H2. The van der Waals surface area contributed by atoms with Gasteiger partial charge in [-0.05, 0) is 63.0 Å². The number of rotatable bonds is 4. The lowest BCUT2D eigenvalue weighted by atomic mass is 10.0. The fourth-order valence-electron chi connectivity index (χ4n) is 5.18. The van der Waals surface area contributed by atoms with E-state index in [1.54, 1.807) is 0 Å². The Morgan fingerprint density at radius 2 is 0.676 bits per heavy atom. The van der Waals surface area contributed by atoms with Gasteiger partial charge in [0, 0.05) is 0 Å². The molecule has 1 aromatic heterocycles. The van der Waals surface area contributed by atoms with Gasteiger partial charge in [-0.2, -0.15) is 9.97 Å². The molecule has 0 spiro atoms. The van der Waals surface area contributed by atoms with Crippen molar-refractivity contribution in [1.82, 2.24) is 15.0 Å². The van der Waals surface area contributed by atoms with Crippen LogP contribution in [0.5, 0.6) is 12.0 Å². The van der Waals surface area contributed by atoms with E-state index in [1.807, 2.05) is 0 Å². The molecule has 208 valence electrons. The summed E-state index contributed by atoms with van der Waals surface area (Å²) >= 11 is 6.15. The van der Waals surface area contributed by atoms with Gasteiger partial charge in [0.15, 0.2) is 0 Å². The van der Waals surface area contributed by atoms with E-state index < -0.39 is 0 Å². The molecule has 2 fully saturated rings. The summed E-state index contributed by atoms with van der Waals surface area (Å²) < 4.78 is 0. The number of hydrogen-bond donors (Lipinski definition) is 0. The summed E-state index contributed by atoms with van der Waals surface area (Å²) in [6.45, 7) is 0. The topological polar surface area (TPSA) is 81.9 Å². The van der Waals surface area contributed by atoms with Gasteiger partial charge in [-0.25, -0.2) is 0 Å². The van der Waals surface area contributed by atoms with Gasteiger partial charge < -0.3 is 9.68 Å². The third-order valence-electron chi connectivity index (χ3n) is 7.44. The smallest absolute Gasteiger partial charge is 0.315 e. The molecular formula is C29H48ClN5O2. The predicted octanol–water partition coefficient (Wildman–Crippen LogP) is 9.38. The quantitative estimate of drug-likeness (QED) is 0.360. The summed E-state index contributed by atoms with van der Waals surface area (Å²) in [6.07, 6.45) is 29.5. The lowest BCUT2D eigenvalue weighted by molar-refractivity contribution is 0.276. The first-order chi connectivity index (χ1) is 18.3. The second-order valence-electron chi connectivity index (χ2n) is 10.7. The van der Waals surface area contributed by atoms with Gasteiger partial charge >= 0.3 is 12.0 Å². The minimum absolute atomic E-state index is 0.0188. The number of hydrogen-bond acceptors (Lipinski definition) is 7. The highest BCUT2D eigenvalue weighted by Crippen LogP contribution is 2.19. The minimum Gasteiger partial charge on any atom is -0.315 e. The molecule has 37 heavy (non-hydrogen) atoms. The zero-order valence-electron chi connectivity index (χ0n) is 22.9.